The zero-order valence-electron chi connectivity index (χ0n) is 6.33. The smallest absolute Gasteiger partial charge is 0.254 e. The average molecular weight is 277 g/mol. The van der Waals surface area contributed by atoms with Crippen LogP contribution < -0.4 is 10.6 Å². The van der Waals surface area contributed by atoms with Crippen LogP contribution in [0.5, 0.6) is 0 Å². The normalized spacial score (nSPS) is 21.5. The van der Waals surface area contributed by atoms with Gasteiger partial charge in [0, 0.05) is 14.7 Å². The number of nitrogens with one attached hydrogen (secondary N) is 2. The summed E-state index contributed by atoms with van der Waals surface area (Å²) < 4.78 is 0.986. The van der Waals surface area contributed by atoms with E-state index in [4.69, 9.17) is 12.2 Å². The number of hydrogen-bond acceptors (Lipinski definition) is 3. The third-order valence-corrected chi connectivity index (χ3v) is 3.62. The predicted octanol–water partition coefficient (Wildman–Crippen LogP) is 1.56. The van der Waals surface area contributed by atoms with Crippen molar-refractivity contribution in [2.75, 3.05) is 0 Å². The number of carbonyl (C=O) groups is 1. The van der Waals surface area contributed by atoms with E-state index in [1.165, 1.54) is 11.3 Å². The van der Waals surface area contributed by atoms with Crippen molar-refractivity contribution < 1.29 is 4.79 Å². The molecule has 6 heteroatoms. The van der Waals surface area contributed by atoms with Crippen molar-refractivity contribution in [2.24, 2.45) is 0 Å². The number of thiocarbonyl (C=S) groups is 1. The molecule has 1 fully saturated rings. The van der Waals surface area contributed by atoms with Crippen LogP contribution in [0.1, 0.15) is 10.9 Å². The lowest BCUT2D eigenvalue weighted by Gasteiger charge is -2.02. The lowest BCUT2D eigenvalue weighted by Crippen LogP contribution is -2.21. The largest absolute Gasteiger partial charge is 0.346 e. The van der Waals surface area contributed by atoms with E-state index in [9.17, 15) is 4.79 Å². The van der Waals surface area contributed by atoms with E-state index in [2.05, 4.69) is 26.6 Å². The van der Waals surface area contributed by atoms with Crippen LogP contribution in [0.3, 0.4) is 0 Å². The molecule has 2 N–H and O–H groups in total. The van der Waals surface area contributed by atoms with Crippen molar-refractivity contribution in [1.29, 1.82) is 0 Å². The van der Waals surface area contributed by atoms with Crippen LogP contribution in [0.25, 0.3) is 0 Å². The van der Waals surface area contributed by atoms with Crippen LogP contribution in [-0.4, -0.2) is 11.0 Å². The quantitative estimate of drug-likeness (QED) is 0.765. The monoisotopic (exact) mass is 276 g/mol. The van der Waals surface area contributed by atoms with Gasteiger partial charge in [0.15, 0.2) is 5.11 Å². The highest BCUT2D eigenvalue weighted by molar-refractivity contribution is 9.10. The van der Waals surface area contributed by atoms with Crippen LogP contribution >= 0.6 is 39.5 Å². The minimum atomic E-state index is -0.316. The summed E-state index contributed by atoms with van der Waals surface area (Å²) in [5.74, 6) is -0.0839. The summed E-state index contributed by atoms with van der Waals surface area (Å²) in [4.78, 5) is 12.3. The van der Waals surface area contributed by atoms with E-state index >= 15 is 0 Å². The maximum atomic E-state index is 11.3. The Labute approximate surface area is 92.6 Å². The van der Waals surface area contributed by atoms with E-state index in [-0.39, 0.29) is 11.9 Å². The van der Waals surface area contributed by atoms with Gasteiger partial charge in [0.2, 0.25) is 0 Å². The molecule has 1 saturated heterocycles. The highest BCUT2D eigenvalue weighted by atomic mass is 79.9. The number of carbonyl (C=O) groups excluding carboxylic acids is 1. The molecule has 1 aliphatic rings. The number of amides is 1. The molecule has 1 aromatic rings. The third-order valence-electron chi connectivity index (χ3n) is 1.65. The number of halogens is 1. The number of thiophene rings is 1. The standard InChI is InChI=1S/C7H5BrN2OS2/c8-3-1-4(13-2-3)5-6(11)10-7(12)9-5/h1-2,5H,(H2,9,10,11,12). The third kappa shape index (κ3) is 1.74. The summed E-state index contributed by atoms with van der Waals surface area (Å²) in [5, 5.41) is 7.78. The van der Waals surface area contributed by atoms with Gasteiger partial charge in [-0.15, -0.1) is 11.3 Å². The minimum absolute atomic E-state index is 0.0839. The topological polar surface area (TPSA) is 41.1 Å². The van der Waals surface area contributed by atoms with Gasteiger partial charge < -0.3 is 10.6 Å². The van der Waals surface area contributed by atoms with Crippen LogP contribution in [0.15, 0.2) is 15.9 Å². The van der Waals surface area contributed by atoms with Gasteiger partial charge in [0.05, 0.1) is 0 Å². The fourth-order valence-electron chi connectivity index (χ4n) is 1.10. The van der Waals surface area contributed by atoms with Crippen molar-refractivity contribution in [3.05, 3.63) is 20.8 Å². The van der Waals surface area contributed by atoms with Crippen molar-refractivity contribution >= 4 is 50.5 Å². The Morgan fingerprint density at radius 1 is 1.62 bits per heavy atom. The Kier molecular flexibility index (Phi) is 2.35. The van der Waals surface area contributed by atoms with Gasteiger partial charge >= 0.3 is 0 Å². The molecule has 3 nitrogen and oxygen atoms in total. The first kappa shape index (κ1) is 9.11. The van der Waals surface area contributed by atoms with Crippen molar-refractivity contribution in [1.82, 2.24) is 10.6 Å². The lowest BCUT2D eigenvalue weighted by atomic mass is 10.2. The van der Waals surface area contributed by atoms with Crippen molar-refractivity contribution in [3.8, 4) is 0 Å². The van der Waals surface area contributed by atoms with E-state index in [0.717, 1.165) is 9.35 Å². The van der Waals surface area contributed by atoms with Gasteiger partial charge in [-0.3, -0.25) is 4.79 Å². The number of rotatable bonds is 1. The van der Waals surface area contributed by atoms with Crippen LogP contribution in [-0.2, 0) is 4.79 Å². The van der Waals surface area contributed by atoms with E-state index < -0.39 is 0 Å². The van der Waals surface area contributed by atoms with Gasteiger partial charge in [-0.05, 0) is 34.2 Å². The Morgan fingerprint density at radius 2 is 2.38 bits per heavy atom. The lowest BCUT2D eigenvalue weighted by molar-refractivity contribution is -0.120. The van der Waals surface area contributed by atoms with E-state index in [1.807, 2.05) is 11.4 Å². The molecule has 0 aliphatic carbocycles. The second-order valence-electron chi connectivity index (χ2n) is 2.56. The maximum absolute atomic E-state index is 11.3. The molecular formula is C7H5BrN2OS2. The second-order valence-corrected chi connectivity index (χ2v) is 4.83. The summed E-state index contributed by atoms with van der Waals surface area (Å²) in [6.07, 6.45) is 0. The summed E-state index contributed by atoms with van der Waals surface area (Å²) in [6.45, 7) is 0. The molecule has 1 aliphatic heterocycles. The van der Waals surface area contributed by atoms with Crippen LogP contribution in [0.2, 0.25) is 0 Å². The molecule has 2 rings (SSSR count). The first-order valence-corrected chi connectivity index (χ1v) is 5.60. The maximum Gasteiger partial charge on any atom is 0.254 e. The molecule has 1 atom stereocenters. The zero-order valence-corrected chi connectivity index (χ0v) is 9.55. The summed E-state index contributed by atoms with van der Waals surface area (Å²) in [5.41, 5.74) is 0. The summed E-state index contributed by atoms with van der Waals surface area (Å²) in [6, 6.07) is 1.60. The molecule has 0 aromatic carbocycles. The van der Waals surface area contributed by atoms with Crippen LogP contribution in [0.4, 0.5) is 0 Å². The first-order valence-electron chi connectivity index (χ1n) is 3.52. The molecular weight excluding hydrogens is 272 g/mol. The molecule has 68 valence electrons. The van der Waals surface area contributed by atoms with Gasteiger partial charge in [0.25, 0.3) is 5.91 Å². The highest BCUT2D eigenvalue weighted by Gasteiger charge is 2.29. The summed E-state index contributed by atoms with van der Waals surface area (Å²) in [7, 11) is 0. The van der Waals surface area contributed by atoms with Gasteiger partial charge in [0.1, 0.15) is 6.04 Å². The minimum Gasteiger partial charge on any atom is -0.346 e. The molecule has 2 heterocycles. The van der Waals surface area contributed by atoms with E-state index in [0.29, 0.717) is 5.11 Å². The Hall–Kier alpha value is -0.460. The highest BCUT2D eigenvalue weighted by Crippen LogP contribution is 2.27. The number of hydrogen-bond donors (Lipinski definition) is 2. The van der Waals surface area contributed by atoms with Crippen molar-refractivity contribution in [3.63, 3.8) is 0 Å². The Bertz CT molecular complexity index is 376. The van der Waals surface area contributed by atoms with Gasteiger partial charge in [-0.25, -0.2) is 0 Å². The fraction of sp³-hybridized carbons (Fsp3) is 0.143. The molecule has 1 aromatic heterocycles. The SMILES string of the molecule is O=C1NC(=S)NC1c1cc(Br)cs1. The molecule has 0 bridgehead atoms. The fourth-order valence-corrected chi connectivity index (χ4v) is 2.81. The van der Waals surface area contributed by atoms with E-state index in [1.54, 1.807) is 0 Å². The predicted molar refractivity (Wildman–Crippen MR) is 58.6 cm³/mol. The van der Waals surface area contributed by atoms with Gasteiger partial charge in [-0.1, -0.05) is 0 Å². The molecule has 0 saturated carbocycles. The Balaban J connectivity index is 2.27. The molecule has 0 radical (unpaired) electrons. The van der Waals surface area contributed by atoms with Crippen molar-refractivity contribution in [2.45, 2.75) is 6.04 Å². The molecule has 1 amide bonds. The molecule has 13 heavy (non-hydrogen) atoms. The second kappa shape index (κ2) is 3.36. The molecule has 0 spiro atoms. The van der Waals surface area contributed by atoms with Crippen LogP contribution in [0, 0.1) is 0 Å². The van der Waals surface area contributed by atoms with Gasteiger partial charge in [-0.2, -0.15) is 0 Å². The average Bonchev–Trinajstić information content (AvgIpc) is 2.58. The zero-order chi connectivity index (χ0) is 9.42. The molecule has 1 unspecified atom stereocenters. The Morgan fingerprint density at radius 3 is 2.85 bits per heavy atom. The summed E-state index contributed by atoms with van der Waals surface area (Å²) >= 11 is 9.68. The first-order chi connectivity index (χ1) is 6.16.